The van der Waals surface area contributed by atoms with Gasteiger partial charge in [-0.25, -0.2) is 0 Å². The normalized spacial score (nSPS) is 20.8. The van der Waals surface area contributed by atoms with Gasteiger partial charge in [-0.05, 0) is 18.9 Å². The van der Waals surface area contributed by atoms with Crippen LogP contribution in [0.5, 0.6) is 0 Å². The van der Waals surface area contributed by atoms with Crippen molar-refractivity contribution in [2.45, 2.75) is 50.4 Å². The summed E-state index contributed by atoms with van der Waals surface area (Å²) in [5.74, 6) is 0. The molecule has 0 aliphatic heterocycles. The summed E-state index contributed by atoms with van der Waals surface area (Å²) in [6.45, 7) is 1.55. The summed E-state index contributed by atoms with van der Waals surface area (Å²) in [6.07, 6.45) is 8.23. The molecule has 102 valence electrons. The van der Waals surface area contributed by atoms with Gasteiger partial charge in [0.1, 0.15) is 0 Å². The van der Waals surface area contributed by atoms with Crippen molar-refractivity contribution in [2.24, 2.45) is 0 Å². The molecule has 0 radical (unpaired) electrons. The molecule has 1 unspecified atom stereocenters. The smallest absolute Gasteiger partial charge is 0.0860 e. The first-order valence-electron chi connectivity index (χ1n) is 6.77. The molecule has 18 heavy (non-hydrogen) atoms. The minimum Gasteiger partial charge on any atom is -0.390 e. The number of aliphatic hydroxyl groups is 2. The van der Waals surface area contributed by atoms with Crippen LogP contribution < -0.4 is 5.32 Å². The zero-order valence-corrected chi connectivity index (χ0v) is 10.8. The Morgan fingerprint density at radius 2 is 2.11 bits per heavy atom. The van der Waals surface area contributed by atoms with Crippen molar-refractivity contribution in [3.63, 3.8) is 0 Å². The molecule has 5 nitrogen and oxygen atoms in total. The average molecular weight is 253 g/mol. The van der Waals surface area contributed by atoms with Gasteiger partial charge in [0.05, 0.1) is 18.2 Å². The molecule has 0 amide bonds. The van der Waals surface area contributed by atoms with Crippen LogP contribution in [-0.4, -0.2) is 44.8 Å². The molecule has 1 fully saturated rings. The van der Waals surface area contributed by atoms with E-state index in [2.05, 4.69) is 10.4 Å². The SMILES string of the molecule is OC(CNCC1(O)CCCCC1)Cn1cccn1. The molecule has 3 N–H and O–H groups in total. The monoisotopic (exact) mass is 253 g/mol. The average Bonchev–Trinajstić information content (AvgIpc) is 2.82. The summed E-state index contributed by atoms with van der Waals surface area (Å²) in [4.78, 5) is 0. The molecule has 1 aromatic heterocycles. The molecule has 0 bridgehead atoms. The molecule has 1 atom stereocenters. The summed E-state index contributed by atoms with van der Waals surface area (Å²) in [6, 6.07) is 1.84. The maximum Gasteiger partial charge on any atom is 0.0860 e. The zero-order chi connectivity index (χ0) is 12.8. The van der Waals surface area contributed by atoms with E-state index in [-0.39, 0.29) is 0 Å². The van der Waals surface area contributed by atoms with Crippen molar-refractivity contribution in [1.29, 1.82) is 0 Å². The van der Waals surface area contributed by atoms with Crippen LogP contribution in [0, 0.1) is 0 Å². The van der Waals surface area contributed by atoms with Crippen LogP contribution >= 0.6 is 0 Å². The Labute approximate surface area is 108 Å². The molecule has 1 aliphatic carbocycles. The highest BCUT2D eigenvalue weighted by Crippen LogP contribution is 2.27. The van der Waals surface area contributed by atoms with E-state index in [0.717, 1.165) is 25.7 Å². The third-order valence-corrected chi connectivity index (χ3v) is 3.58. The fourth-order valence-corrected chi connectivity index (χ4v) is 2.55. The summed E-state index contributed by atoms with van der Waals surface area (Å²) in [5.41, 5.74) is -0.566. The van der Waals surface area contributed by atoms with Crippen LogP contribution in [0.1, 0.15) is 32.1 Å². The minimum atomic E-state index is -0.566. The summed E-state index contributed by atoms with van der Waals surface area (Å²) < 4.78 is 1.71. The number of hydrogen-bond donors (Lipinski definition) is 3. The van der Waals surface area contributed by atoms with E-state index in [0.29, 0.717) is 19.6 Å². The Morgan fingerprint density at radius 3 is 2.78 bits per heavy atom. The Hall–Kier alpha value is -0.910. The fourth-order valence-electron chi connectivity index (χ4n) is 2.55. The van der Waals surface area contributed by atoms with Gasteiger partial charge in [0.15, 0.2) is 0 Å². The Morgan fingerprint density at radius 1 is 1.33 bits per heavy atom. The van der Waals surface area contributed by atoms with Crippen LogP contribution in [0.4, 0.5) is 0 Å². The second-order valence-electron chi connectivity index (χ2n) is 5.30. The number of aliphatic hydroxyl groups excluding tert-OH is 1. The van der Waals surface area contributed by atoms with Crippen LogP contribution in [0.2, 0.25) is 0 Å². The molecule has 5 heteroatoms. The van der Waals surface area contributed by atoms with Gasteiger partial charge in [-0.2, -0.15) is 5.10 Å². The molecule has 1 aliphatic rings. The van der Waals surface area contributed by atoms with Gasteiger partial charge < -0.3 is 15.5 Å². The van der Waals surface area contributed by atoms with Gasteiger partial charge in [0, 0.05) is 25.5 Å². The minimum absolute atomic E-state index is 0.475. The van der Waals surface area contributed by atoms with Gasteiger partial charge in [-0.3, -0.25) is 4.68 Å². The number of nitrogens with zero attached hydrogens (tertiary/aromatic N) is 2. The summed E-state index contributed by atoms with van der Waals surface area (Å²) in [5, 5.41) is 27.3. The molecule has 2 rings (SSSR count). The van der Waals surface area contributed by atoms with E-state index in [9.17, 15) is 10.2 Å². The van der Waals surface area contributed by atoms with Crippen molar-refractivity contribution in [2.75, 3.05) is 13.1 Å². The Kier molecular flexibility index (Phi) is 4.74. The predicted octanol–water partition coefficient (Wildman–Crippen LogP) is 0.529. The maximum atomic E-state index is 10.3. The predicted molar refractivity (Wildman–Crippen MR) is 69.1 cm³/mol. The van der Waals surface area contributed by atoms with Gasteiger partial charge in [-0.15, -0.1) is 0 Å². The van der Waals surface area contributed by atoms with Gasteiger partial charge in [0.2, 0.25) is 0 Å². The highest BCUT2D eigenvalue weighted by molar-refractivity contribution is 4.85. The van der Waals surface area contributed by atoms with E-state index in [4.69, 9.17) is 0 Å². The van der Waals surface area contributed by atoms with E-state index in [1.807, 2.05) is 12.3 Å². The Balaban J connectivity index is 1.65. The molecule has 0 spiro atoms. The largest absolute Gasteiger partial charge is 0.390 e. The molecular formula is C13H23N3O2. The van der Waals surface area contributed by atoms with Crippen LogP contribution in [0.3, 0.4) is 0 Å². The van der Waals surface area contributed by atoms with Crippen LogP contribution in [-0.2, 0) is 6.54 Å². The molecular weight excluding hydrogens is 230 g/mol. The maximum absolute atomic E-state index is 10.3. The van der Waals surface area contributed by atoms with Gasteiger partial charge >= 0.3 is 0 Å². The lowest BCUT2D eigenvalue weighted by Gasteiger charge is -2.32. The summed E-state index contributed by atoms with van der Waals surface area (Å²) in [7, 11) is 0. The molecule has 0 saturated heterocycles. The number of aromatic nitrogens is 2. The second kappa shape index (κ2) is 6.31. The molecule has 1 heterocycles. The number of hydrogen-bond acceptors (Lipinski definition) is 4. The lowest BCUT2D eigenvalue weighted by atomic mass is 9.85. The molecule has 1 aromatic rings. The molecule has 1 saturated carbocycles. The fraction of sp³-hybridized carbons (Fsp3) is 0.769. The van der Waals surface area contributed by atoms with Crippen LogP contribution in [0.15, 0.2) is 18.5 Å². The van der Waals surface area contributed by atoms with Gasteiger partial charge in [0.25, 0.3) is 0 Å². The highest BCUT2D eigenvalue weighted by Gasteiger charge is 2.28. The third kappa shape index (κ3) is 4.08. The van der Waals surface area contributed by atoms with Crippen LogP contribution in [0.25, 0.3) is 0 Å². The lowest BCUT2D eigenvalue weighted by molar-refractivity contribution is 0.00225. The van der Waals surface area contributed by atoms with Crippen molar-refractivity contribution in [1.82, 2.24) is 15.1 Å². The van der Waals surface area contributed by atoms with Crippen molar-refractivity contribution in [3.05, 3.63) is 18.5 Å². The topological polar surface area (TPSA) is 70.3 Å². The van der Waals surface area contributed by atoms with Gasteiger partial charge in [-0.1, -0.05) is 19.3 Å². The zero-order valence-electron chi connectivity index (χ0n) is 10.8. The lowest BCUT2D eigenvalue weighted by Crippen LogP contribution is -2.44. The van der Waals surface area contributed by atoms with E-state index >= 15 is 0 Å². The van der Waals surface area contributed by atoms with E-state index in [1.165, 1.54) is 6.42 Å². The summed E-state index contributed by atoms with van der Waals surface area (Å²) >= 11 is 0. The first-order chi connectivity index (χ1) is 8.68. The van der Waals surface area contributed by atoms with Crippen molar-refractivity contribution >= 4 is 0 Å². The first-order valence-corrected chi connectivity index (χ1v) is 6.77. The standard InChI is InChI=1S/C13H23N3O2/c17-12(10-16-8-4-7-15-16)9-14-11-13(18)5-2-1-3-6-13/h4,7-8,12,14,17-18H,1-3,5-6,9-11H2. The first kappa shape index (κ1) is 13.5. The quantitative estimate of drug-likeness (QED) is 0.691. The molecule has 0 aromatic carbocycles. The number of rotatable bonds is 6. The van der Waals surface area contributed by atoms with Crippen molar-refractivity contribution < 1.29 is 10.2 Å². The third-order valence-electron chi connectivity index (χ3n) is 3.58. The number of nitrogens with one attached hydrogen (secondary N) is 1. The van der Waals surface area contributed by atoms with E-state index in [1.54, 1.807) is 10.9 Å². The van der Waals surface area contributed by atoms with E-state index < -0.39 is 11.7 Å². The Bertz CT molecular complexity index is 334. The highest BCUT2D eigenvalue weighted by atomic mass is 16.3. The second-order valence-corrected chi connectivity index (χ2v) is 5.30. The van der Waals surface area contributed by atoms with Crippen molar-refractivity contribution in [3.8, 4) is 0 Å².